The van der Waals surface area contributed by atoms with Crippen molar-refractivity contribution >= 4 is 21.7 Å². The summed E-state index contributed by atoms with van der Waals surface area (Å²) >= 11 is 3.47. The molecule has 2 aromatic rings. The van der Waals surface area contributed by atoms with E-state index in [0.29, 0.717) is 12.4 Å². The van der Waals surface area contributed by atoms with E-state index in [1.807, 2.05) is 30.3 Å². The van der Waals surface area contributed by atoms with E-state index in [1.54, 1.807) is 6.07 Å². The molecule has 0 saturated heterocycles. The van der Waals surface area contributed by atoms with E-state index in [2.05, 4.69) is 15.9 Å². The minimum absolute atomic E-state index is 0.0856. The second-order valence-corrected chi connectivity index (χ2v) is 5.42. The van der Waals surface area contributed by atoms with Gasteiger partial charge in [0.25, 0.3) is 0 Å². The Balaban J connectivity index is 2.05. The smallest absolute Gasteiger partial charge is 0.162 e. The van der Waals surface area contributed by atoms with Crippen molar-refractivity contribution in [1.29, 1.82) is 0 Å². The van der Waals surface area contributed by atoms with E-state index >= 15 is 0 Å². The monoisotopic (exact) mass is 350 g/mol. The highest BCUT2D eigenvalue weighted by Crippen LogP contribution is 2.22. The second kappa shape index (κ2) is 7.36. The Morgan fingerprint density at radius 1 is 1.24 bits per heavy atom. The summed E-state index contributed by atoms with van der Waals surface area (Å²) in [6, 6.07) is 14.3. The number of hydrogen-bond donors (Lipinski definition) is 0. The molecule has 0 aliphatic carbocycles. The lowest BCUT2D eigenvalue weighted by Gasteiger charge is -2.16. The zero-order chi connectivity index (χ0) is 15.2. The first-order chi connectivity index (χ1) is 10.1. The molecule has 1 atom stereocenters. The lowest BCUT2D eigenvalue weighted by atomic mass is 10.0. The molecule has 0 bridgehead atoms. The van der Waals surface area contributed by atoms with E-state index in [4.69, 9.17) is 4.74 Å². The molecule has 0 spiro atoms. The van der Waals surface area contributed by atoms with Crippen LogP contribution in [0.25, 0.3) is 0 Å². The van der Waals surface area contributed by atoms with Crippen LogP contribution in [0, 0.1) is 5.82 Å². The molecule has 0 amide bonds. The largest absolute Gasteiger partial charge is 0.493 e. The quantitative estimate of drug-likeness (QED) is 0.562. The highest BCUT2D eigenvalue weighted by Gasteiger charge is 2.12. The number of benzene rings is 2. The molecule has 0 radical (unpaired) electrons. The fraction of sp³-hybridized carbons (Fsp3) is 0.235. The SMILES string of the molecule is CC(=O)c1ccc(OCC(CBr)c2ccccc2)cc1F. The summed E-state index contributed by atoms with van der Waals surface area (Å²) in [6.45, 7) is 1.78. The Kier molecular flexibility index (Phi) is 5.51. The number of ether oxygens (including phenoxy) is 1. The molecule has 0 N–H and O–H groups in total. The van der Waals surface area contributed by atoms with E-state index in [9.17, 15) is 9.18 Å². The summed E-state index contributed by atoms with van der Waals surface area (Å²) in [5.74, 6) is -0.224. The van der Waals surface area contributed by atoms with Crippen LogP contribution in [0.15, 0.2) is 48.5 Å². The maximum atomic E-state index is 13.7. The fourth-order valence-corrected chi connectivity index (χ4v) is 2.58. The van der Waals surface area contributed by atoms with Crippen molar-refractivity contribution in [2.75, 3.05) is 11.9 Å². The van der Waals surface area contributed by atoms with Crippen molar-refractivity contribution < 1.29 is 13.9 Å². The first kappa shape index (κ1) is 15.7. The lowest BCUT2D eigenvalue weighted by Crippen LogP contribution is -2.12. The van der Waals surface area contributed by atoms with Gasteiger partial charge in [-0.3, -0.25) is 4.79 Å². The van der Waals surface area contributed by atoms with Crippen molar-refractivity contribution in [3.05, 3.63) is 65.5 Å². The second-order valence-electron chi connectivity index (χ2n) is 4.77. The van der Waals surface area contributed by atoms with Crippen LogP contribution in [0.2, 0.25) is 0 Å². The van der Waals surface area contributed by atoms with Crippen LogP contribution in [0.3, 0.4) is 0 Å². The molecule has 0 heterocycles. The number of ketones is 1. The molecule has 1 unspecified atom stereocenters. The van der Waals surface area contributed by atoms with Gasteiger partial charge in [-0.05, 0) is 24.6 Å². The molecule has 0 aliphatic rings. The van der Waals surface area contributed by atoms with Crippen molar-refractivity contribution in [2.45, 2.75) is 12.8 Å². The molecule has 0 saturated carbocycles. The highest BCUT2D eigenvalue weighted by atomic mass is 79.9. The molecule has 2 aromatic carbocycles. The van der Waals surface area contributed by atoms with Gasteiger partial charge in [0.2, 0.25) is 0 Å². The average Bonchev–Trinajstić information content (AvgIpc) is 2.48. The predicted octanol–water partition coefficient (Wildman–Crippen LogP) is 4.59. The highest BCUT2D eigenvalue weighted by molar-refractivity contribution is 9.09. The summed E-state index contributed by atoms with van der Waals surface area (Å²) in [6.07, 6.45) is 0. The molecular formula is C17H16BrFO2. The zero-order valence-corrected chi connectivity index (χ0v) is 13.3. The number of rotatable bonds is 6. The maximum Gasteiger partial charge on any atom is 0.162 e. The normalized spacial score (nSPS) is 12.0. The molecule has 21 heavy (non-hydrogen) atoms. The van der Waals surface area contributed by atoms with Crippen molar-refractivity contribution in [1.82, 2.24) is 0 Å². The van der Waals surface area contributed by atoms with Gasteiger partial charge in [0.15, 0.2) is 5.78 Å². The van der Waals surface area contributed by atoms with Crippen LogP contribution in [-0.2, 0) is 0 Å². The number of Topliss-reactive ketones (excluding diaryl/α,β-unsaturated/α-hetero) is 1. The molecule has 0 fully saturated rings. The molecule has 0 aromatic heterocycles. The van der Waals surface area contributed by atoms with E-state index in [-0.39, 0.29) is 17.3 Å². The van der Waals surface area contributed by atoms with Crippen LogP contribution in [0.4, 0.5) is 4.39 Å². The van der Waals surface area contributed by atoms with E-state index in [1.165, 1.54) is 19.1 Å². The number of alkyl halides is 1. The Labute approximate surface area is 132 Å². The summed E-state index contributed by atoms with van der Waals surface area (Å²) in [4.78, 5) is 11.2. The Hall–Kier alpha value is -1.68. The summed E-state index contributed by atoms with van der Waals surface area (Å²) in [5, 5.41) is 0.755. The van der Waals surface area contributed by atoms with Gasteiger partial charge in [0.1, 0.15) is 11.6 Å². The Morgan fingerprint density at radius 3 is 2.52 bits per heavy atom. The van der Waals surface area contributed by atoms with Crippen LogP contribution in [-0.4, -0.2) is 17.7 Å². The zero-order valence-electron chi connectivity index (χ0n) is 11.7. The molecule has 2 nitrogen and oxygen atoms in total. The molecule has 2 rings (SSSR count). The van der Waals surface area contributed by atoms with Gasteiger partial charge in [-0.15, -0.1) is 0 Å². The van der Waals surface area contributed by atoms with Crippen LogP contribution >= 0.6 is 15.9 Å². The van der Waals surface area contributed by atoms with Crippen molar-refractivity contribution in [3.8, 4) is 5.75 Å². The third-order valence-corrected chi connectivity index (χ3v) is 4.01. The first-order valence-corrected chi connectivity index (χ1v) is 7.78. The van der Waals surface area contributed by atoms with Gasteiger partial charge in [-0.25, -0.2) is 4.39 Å². The van der Waals surface area contributed by atoms with Crippen LogP contribution in [0.5, 0.6) is 5.75 Å². The van der Waals surface area contributed by atoms with Crippen LogP contribution in [0.1, 0.15) is 28.8 Å². The number of carbonyl (C=O) groups excluding carboxylic acids is 1. The Morgan fingerprint density at radius 2 is 1.95 bits per heavy atom. The fourth-order valence-electron chi connectivity index (χ4n) is 2.02. The third kappa shape index (κ3) is 4.14. The predicted molar refractivity (Wildman–Crippen MR) is 84.9 cm³/mol. The first-order valence-electron chi connectivity index (χ1n) is 6.66. The minimum Gasteiger partial charge on any atom is -0.493 e. The topological polar surface area (TPSA) is 26.3 Å². The average molecular weight is 351 g/mol. The van der Waals surface area contributed by atoms with Crippen molar-refractivity contribution in [2.24, 2.45) is 0 Å². The minimum atomic E-state index is -0.546. The lowest BCUT2D eigenvalue weighted by molar-refractivity contribution is 0.101. The number of carbonyl (C=O) groups is 1. The van der Waals surface area contributed by atoms with Crippen molar-refractivity contribution in [3.63, 3.8) is 0 Å². The van der Waals surface area contributed by atoms with Crippen LogP contribution < -0.4 is 4.74 Å². The standard InChI is InChI=1S/C17H16BrFO2/c1-12(20)16-8-7-15(9-17(16)19)21-11-14(10-18)13-5-3-2-4-6-13/h2-9,14H,10-11H2,1H3. The van der Waals surface area contributed by atoms with E-state index < -0.39 is 5.82 Å². The Bertz CT molecular complexity index is 613. The summed E-state index contributed by atoms with van der Waals surface area (Å²) in [7, 11) is 0. The summed E-state index contributed by atoms with van der Waals surface area (Å²) in [5.41, 5.74) is 1.25. The van der Waals surface area contributed by atoms with Gasteiger partial charge in [0.05, 0.1) is 12.2 Å². The number of hydrogen-bond acceptors (Lipinski definition) is 2. The van der Waals surface area contributed by atoms with Gasteiger partial charge >= 0.3 is 0 Å². The number of halogens is 2. The van der Waals surface area contributed by atoms with Gasteiger partial charge in [0, 0.05) is 17.3 Å². The molecule has 110 valence electrons. The van der Waals surface area contributed by atoms with Gasteiger partial charge in [-0.2, -0.15) is 0 Å². The van der Waals surface area contributed by atoms with Gasteiger partial charge in [-0.1, -0.05) is 46.3 Å². The molecular weight excluding hydrogens is 335 g/mol. The molecule has 0 aliphatic heterocycles. The molecule has 4 heteroatoms. The maximum absolute atomic E-state index is 13.7. The van der Waals surface area contributed by atoms with Gasteiger partial charge < -0.3 is 4.74 Å². The third-order valence-electron chi connectivity index (χ3n) is 3.23. The summed E-state index contributed by atoms with van der Waals surface area (Å²) < 4.78 is 19.4. The van der Waals surface area contributed by atoms with E-state index in [0.717, 1.165) is 10.9 Å².